The van der Waals surface area contributed by atoms with Gasteiger partial charge in [-0.05, 0) is 197 Å². The first-order valence-electron chi connectivity index (χ1n) is 35.2. The minimum Gasteiger partial charge on any atom is -0.311 e. The van der Waals surface area contributed by atoms with Gasteiger partial charge in [-0.25, -0.2) is 0 Å². The van der Waals surface area contributed by atoms with E-state index < -0.39 is 0 Å². The molecule has 0 fully saturated rings. The summed E-state index contributed by atoms with van der Waals surface area (Å²) in [6.07, 6.45) is 18.4. The van der Waals surface area contributed by atoms with E-state index in [0.717, 1.165) is 0 Å². The normalized spacial score (nSPS) is 14.2. The van der Waals surface area contributed by atoms with Crippen molar-refractivity contribution >= 4 is 68.0 Å². The number of para-hydroxylation sites is 2. The van der Waals surface area contributed by atoms with Crippen molar-refractivity contribution < 1.29 is 0 Å². The molecule has 10 aromatic carbocycles. The van der Waals surface area contributed by atoms with E-state index in [2.05, 4.69) is 251 Å². The van der Waals surface area contributed by atoms with Crippen LogP contribution in [0, 0.1) is 55.4 Å². The van der Waals surface area contributed by atoms with Crippen molar-refractivity contribution in [3.8, 4) is 61.3 Å². The zero-order valence-corrected chi connectivity index (χ0v) is 56.6. The second kappa shape index (κ2) is 23.1. The fraction of sp³-hybridized carbons (Fsp3) is 0.318. The van der Waals surface area contributed by atoms with E-state index >= 15 is 0 Å². The monoisotopic (exact) mass is 1180 g/mol. The van der Waals surface area contributed by atoms with Crippen molar-refractivity contribution in [1.82, 2.24) is 4.57 Å². The predicted octanol–water partition coefficient (Wildman–Crippen LogP) is 20.0. The summed E-state index contributed by atoms with van der Waals surface area (Å²) in [6, 6.07) is 66.1. The van der Waals surface area contributed by atoms with Crippen LogP contribution in [0.15, 0.2) is 164 Å². The van der Waals surface area contributed by atoms with Gasteiger partial charge in [0.1, 0.15) is 0 Å². The molecular weight excluding hydrogens is 1090 g/mol. The van der Waals surface area contributed by atoms with Crippen molar-refractivity contribution in [3.63, 3.8) is 0 Å². The lowest BCUT2D eigenvalue weighted by atomic mass is 9.30. The number of unbranched alkanes of at least 4 members (excludes halogenated alkanes) is 10. The molecule has 2 aliphatic carbocycles. The molecule has 2 aliphatic heterocycles. The summed E-state index contributed by atoms with van der Waals surface area (Å²) in [6.45, 7) is 28.4. The van der Waals surface area contributed by atoms with Gasteiger partial charge in [0, 0.05) is 38.3 Å². The van der Waals surface area contributed by atoms with E-state index in [0.29, 0.717) is 0 Å². The van der Waals surface area contributed by atoms with Gasteiger partial charge in [0.25, 0.3) is 0 Å². The highest BCUT2D eigenvalue weighted by Gasteiger charge is 2.45. The topological polar surface area (TPSA) is 4.93 Å². The van der Waals surface area contributed by atoms with E-state index in [1.54, 1.807) is 11.1 Å². The van der Waals surface area contributed by atoms with Crippen LogP contribution < -0.4 is 32.8 Å². The molecule has 3 heteroatoms. The molecule has 0 N–H and O–H groups in total. The maximum Gasteiger partial charge on any atom is 0.247 e. The Hall–Kier alpha value is -7.87. The van der Waals surface area contributed by atoms with E-state index in [1.165, 1.54) is 261 Å². The fourth-order valence-corrected chi connectivity index (χ4v) is 18.9. The van der Waals surface area contributed by atoms with Crippen molar-refractivity contribution in [2.24, 2.45) is 0 Å². The largest absolute Gasteiger partial charge is 0.311 e. The molecule has 0 saturated carbocycles. The highest BCUT2D eigenvalue weighted by Crippen LogP contribution is 2.56. The molecule has 0 spiro atoms. The minimum absolute atomic E-state index is 0.0563. The highest BCUT2D eigenvalue weighted by molar-refractivity contribution is 7.02. The number of hydrogen-bond donors (Lipinski definition) is 0. The first-order chi connectivity index (χ1) is 44.1. The Labute approximate surface area is 545 Å². The summed E-state index contributed by atoms with van der Waals surface area (Å²) in [7, 11) is 0. The first kappa shape index (κ1) is 59.4. The van der Waals surface area contributed by atoms with Gasteiger partial charge in [0.15, 0.2) is 0 Å². The molecule has 4 aliphatic rings. The molecule has 454 valence electrons. The van der Waals surface area contributed by atoms with E-state index in [4.69, 9.17) is 0 Å². The molecule has 0 unspecified atom stereocenters. The van der Waals surface area contributed by atoms with Crippen LogP contribution in [0.2, 0.25) is 0 Å². The molecule has 0 amide bonds. The van der Waals surface area contributed by atoms with Crippen LogP contribution in [-0.4, -0.2) is 18.0 Å². The van der Waals surface area contributed by atoms with Gasteiger partial charge in [-0.2, -0.15) is 0 Å². The fourth-order valence-electron chi connectivity index (χ4n) is 18.9. The molecule has 0 radical (unpaired) electrons. The summed E-state index contributed by atoms with van der Waals surface area (Å²) < 4.78 is 2.70. The van der Waals surface area contributed by atoms with Crippen LogP contribution in [-0.2, 0) is 10.8 Å². The van der Waals surface area contributed by atoms with E-state index in [9.17, 15) is 0 Å². The lowest BCUT2D eigenvalue weighted by Crippen LogP contribution is -2.64. The van der Waals surface area contributed by atoms with Crippen molar-refractivity contribution in [2.75, 3.05) is 0 Å². The number of nitrogens with zero attached hydrogens (tertiary/aromatic N) is 1. The molecule has 15 rings (SSSR count). The smallest absolute Gasteiger partial charge is 0.247 e. The number of hydrogen-bond acceptors (Lipinski definition) is 0. The zero-order valence-electron chi connectivity index (χ0n) is 56.6. The Morgan fingerprint density at radius 2 is 0.747 bits per heavy atom. The quantitative estimate of drug-likeness (QED) is 0.0562. The third-order valence-electron chi connectivity index (χ3n) is 22.9. The third-order valence-corrected chi connectivity index (χ3v) is 22.9. The molecule has 1 nitrogen and oxygen atoms in total. The summed E-state index contributed by atoms with van der Waals surface area (Å²) in [5, 5.41) is 2.71. The Morgan fingerprint density at radius 3 is 1.25 bits per heavy atom. The number of benzene rings is 10. The predicted molar refractivity (Wildman–Crippen MR) is 397 cm³/mol. The summed E-state index contributed by atoms with van der Waals surface area (Å²) >= 11 is 0. The first-order valence-corrected chi connectivity index (χ1v) is 35.2. The molecule has 0 bridgehead atoms. The minimum atomic E-state index is -0.181. The summed E-state index contributed by atoms with van der Waals surface area (Å²) in [5.74, 6) is 0. The lowest BCUT2D eigenvalue weighted by Gasteiger charge is -2.36. The Bertz CT molecular complexity index is 4560. The molecule has 1 aromatic heterocycles. The molecule has 0 saturated heterocycles. The van der Waals surface area contributed by atoms with Crippen molar-refractivity contribution in [1.29, 1.82) is 0 Å². The summed E-state index contributed by atoms with van der Waals surface area (Å²) in [4.78, 5) is 0. The maximum atomic E-state index is 2.70. The number of aromatic nitrogens is 1. The Balaban J connectivity index is 0.809. The average Bonchev–Trinajstić information content (AvgIpc) is 1.61. The van der Waals surface area contributed by atoms with Gasteiger partial charge < -0.3 is 4.57 Å². The Kier molecular flexibility index (Phi) is 15.1. The molecule has 3 heterocycles. The number of aryl methyl sites for hydroxylation is 8. The standard InChI is InChI=1S/C88H91B2N/c1-13-15-17-19-21-25-41-88(42-26-22-20-18-16-14-2)74-32-24-23-29-66(74)69-39-36-63(50-77(69)88)62-35-38-67-68-40-37-64(51-76(68)87(11,12)75(67)49-62)72-47-57(6)73(48-56(72)5)65-52-80-86-81(53-65)90(83-60(9)45-55(4)46-61(83)10)79-34-28-31-71-70-30-27-33-78(84(70)91(86)85(71)79)89(80)82-58(7)43-54(3)44-59(82)8/h23-24,27-40,43-53H,13-22,25-26,41-42H2,1-12H3. The van der Waals surface area contributed by atoms with Gasteiger partial charge >= 0.3 is 0 Å². The van der Waals surface area contributed by atoms with E-state index in [1.807, 2.05) is 0 Å². The van der Waals surface area contributed by atoms with Crippen LogP contribution in [0.3, 0.4) is 0 Å². The van der Waals surface area contributed by atoms with Crippen LogP contribution >= 0.6 is 0 Å². The molecule has 11 aromatic rings. The van der Waals surface area contributed by atoms with Crippen LogP contribution in [0.1, 0.15) is 184 Å². The number of rotatable bonds is 19. The van der Waals surface area contributed by atoms with Gasteiger partial charge in [-0.3, -0.25) is 0 Å². The van der Waals surface area contributed by atoms with Crippen LogP contribution in [0.5, 0.6) is 0 Å². The second-order valence-corrected chi connectivity index (χ2v) is 29.4. The highest BCUT2D eigenvalue weighted by atomic mass is 15.0. The third kappa shape index (κ3) is 9.46. The van der Waals surface area contributed by atoms with Gasteiger partial charge in [-0.1, -0.05) is 295 Å². The summed E-state index contributed by atoms with van der Waals surface area (Å²) in [5.41, 5.74) is 42.8. The molecule has 91 heavy (non-hydrogen) atoms. The number of fused-ring (bicyclic) bond motifs is 7. The van der Waals surface area contributed by atoms with Crippen LogP contribution in [0.25, 0.3) is 83.1 Å². The Morgan fingerprint density at radius 1 is 0.330 bits per heavy atom. The van der Waals surface area contributed by atoms with E-state index in [-0.39, 0.29) is 24.3 Å². The van der Waals surface area contributed by atoms with Gasteiger partial charge in [0.2, 0.25) is 13.4 Å². The molecular formula is C88H91B2N. The zero-order chi connectivity index (χ0) is 62.8. The molecule has 0 atom stereocenters. The maximum absolute atomic E-state index is 2.70. The van der Waals surface area contributed by atoms with Gasteiger partial charge in [0.05, 0.1) is 0 Å². The lowest BCUT2D eigenvalue weighted by molar-refractivity contribution is 0.398. The second-order valence-electron chi connectivity index (χ2n) is 29.4. The van der Waals surface area contributed by atoms with Crippen molar-refractivity contribution in [3.05, 3.63) is 231 Å². The van der Waals surface area contributed by atoms with Crippen LogP contribution in [0.4, 0.5) is 0 Å². The van der Waals surface area contributed by atoms with Gasteiger partial charge in [-0.15, -0.1) is 0 Å². The van der Waals surface area contributed by atoms with Crippen molar-refractivity contribution in [2.45, 2.75) is 184 Å². The SMILES string of the molecule is CCCCCCCCC1(CCCCCCCC)c2ccccc2-c2ccc(-c3ccc4c(c3)C(C)(C)c3cc(-c5cc(C)c(-c6cc7c8c(c6)B(c6c(C)cc(C)cc6C)c6cccc9c%10cccc(c%10n-8c69)B7c6c(C)cc(C)cc6C)cc5C)ccc3-4)cc21. The average molecular weight is 1180 g/mol.